The first-order chi connectivity index (χ1) is 13.5. The lowest BCUT2D eigenvalue weighted by Gasteiger charge is -2.18. The van der Waals surface area contributed by atoms with Crippen molar-refractivity contribution in [3.05, 3.63) is 57.8 Å². The number of carboxylic acids is 1. The van der Waals surface area contributed by atoms with Gasteiger partial charge >= 0.3 is 11.9 Å². The molecule has 0 saturated carbocycles. The highest BCUT2D eigenvalue weighted by Gasteiger charge is 2.21. The van der Waals surface area contributed by atoms with E-state index in [1.165, 1.54) is 34.6 Å². The molecule has 2 rings (SSSR count). The summed E-state index contributed by atoms with van der Waals surface area (Å²) in [5.74, 6) is -3.02. The largest absolute Gasteiger partial charge is 0.473 e. The van der Waals surface area contributed by atoms with Crippen LogP contribution >= 0.6 is 11.3 Å². The first-order valence-corrected chi connectivity index (χ1v) is 10.6. The molecule has 5 nitrogen and oxygen atoms in total. The average Bonchev–Trinajstić information content (AvgIpc) is 3.14. The monoisotopic (exact) mass is 403 g/mol. The average molecular weight is 404 g/mol. The number of hydrogen-bond acceptors (Lipinski definition) is 5. The van der Waals surface area contributed by atoms with Crippen LogP contribution in [0.5, 0.6) is 0 Å². The Hall–Kier alpha value is -2.18. The molecule has 0 aliphatic rings. The molecule has 1 aromatic carbocycles. The summed E-state index contributed by atoms with van der Waals surface area (Å²) in [5, 5.41) is 8.56. The zero-order valence-electron chi connectivity index (χ0n) is 16.3. The third-order valence-electron chi connectivity index (χ3n) is 4.77. The summed E-state index contributed by atoms with van der Waals surface area (Å²) < 4.78 is 4.72. The molecule has 6 heteroatoms. The van der Waals surface area contributed by atoms with Gasteiger partial charge in [0, 0.05) is 15.7 Å². The fourth-order valence-corrected chi connectivity index (χ4v) is 4.04. The zero-order chi connectivity index (χ0) is 20.4. The van der Waals surface area contributed by atoms with Crippen LogP contribution in [0.1, 0.15) is 47.9 Å². The lowest BCUT2D eigenvalue weighted by atomic mass is 10.0. The van der Waals surface area contributed by atoms with Crippen LogP contribution < -0.4 is 5.73 Å². The van der Waals surface area contributed by atoms with Crippen molar-refractivity contribution in [2.75, 3.05) is 0 Å². The lowest BCUT2D eigenvalue weighted by Crippen LogP contribution is -2.36. The third kappa shape index (κ3) is 7.82. The van der Waals surface area contributed by atoms with Gasteiger partial charge in [-0.3, -0.25) is 5.73 Å². The first-order valence-electron chi connectivity index (χ1n) is 9.76. The maximum absolute atomic E-state index is 11.1. The van der Waals surface area contributed by atoms with Crippen LogP contribution in [-0.2, 0) is 33.6 Å². The fraction of sp³-hybridized carbons (Fsp3) is 0.455. The lowest BCUT2D eigenvalue weighted by molar-refractivity contribution is -0.168. The number of carboxylic acid groups (broad SMARTS) is 1. The highest BCUT2D eigenvalue weighted by Crippen LogP contribution is 2.22. The van der Waals surface area contributed by atoms with Crippen molar-refractivity contribution in [2.45, 2.75) is 58.1 Å². The van der Waals surface area contributed by atoms with Crippen LogP contribution in [0.2, 0.25) is 0 Å². The number of esters is 1. The molecule has 0 radical (unpaired) electrons. The van der Waals surface area contributed by atoms with Crippen LogP contribution in [0, 0.1) is 5.92 Å². The molecule has 1 aromatic heterocycles. The minimum atomic E-state index is -1.62. The third-order valence-corrected chi connectivity index (χ3v) is 5.98. The molecule has 152 valence electrons. The topological polar surface area (TPSA) is 89.6 Å². The molecule has 0 saturated heterocycles. The molecule has 0 spiro atoms. The molecule has 1 unspecified atom stereocenters. The summed E-state index contributed by atoms with van der Waals surface area (Å²) in [6, 6.07) is 14.9. The summed E-state index contributed by atoms with van der Waals surface area (Å²) in [4.78, 5) is 24.2. The molecule has 0 aliphatic carbocycles. The number of carbonyl (C=O) groups is 2. The minimum absolute atomic E-state index is 0.105. The van der Waals surface area contributed by atoms with Crippen LogP contribution in [0.15, 0.2) is 42.5 Å². The number of ether oxygens (including phenoxy) is 1. The van der Waals surface area contributed by atoms with E-state index in [1.54, 1.807) is 0 Å². The van der Waals surface area contributed by atoms with Crippen LogP contribution in [0.3, 0.4) is 0 Å². The number of hydrogen-bond donors (Lipinski definition) is 2. The molecule has 2 atom stereocenters. The summed E-state index contributed by atoms with van der Waals surface area (Å²) in [7, 11) is 0. The second-order valence-corrected chi connectivity index (χ2v) is 8.36. The summed E-state index contributed by atoms with van der Waals surface area (Å²) in [5.41, 5.74) is 7.16. The maximum atomic E-state index is 11.1. The van der Waals surface area contributed by atoms with Gasteiger partial charge in [0.15, 0.2) is 6.23 Å². The quantitative estimate of drug-likeness (QED) is 0.254. The van der Waals surface area contributed by atoms with Crippen molar-refractivity contribution in [2.24, 2.45) is 11.7 Å². The number of aryl methyl sites for hydroxylation is 3. The molecule has 0 amide bonds. The Morgan fingerprint density at radius 2 is 1.64 bits per heavy atom. The number of rotatable bonds is 11. The SMILES string of the molecule is C[C@H](CCc1ccc(CCCCCc2ccccc2)s1)C(N)OC(=O)C(=O)O. The number of unbranched alkanes of at least 4 members (excludes halogenated alkanes) is 2. The van der Waals surface area contributed by atoms with E-state index >= 15 is 0 Å². The van der Waals surface area contributed by atoms with Crippen LogP contribution in [0.4, 0.5) is 0 Å². The summed E-state index contributed by atoms with van der Waals surface area (Å²) in [6.07, 6.45) is 6.57. The smallest absolute Gasteiger partial charge is 0.418 e. The number of aliphatic carboxylic acids is 1. The predicted octanol–water partition coefficient (Wildman–Crippen LogP) is 4.18. The first kappa shape index (κ1) is 22.1. The van der Waals surface area contributed by atoms with Gasteiger partial charge < -0.3 is 9.84 Å². The van der Waals surface area contributed by atoms with Crippen molar-refractivity contribution >= 4 is 23.3 Å². The van der Waals surface area contributed by atoms with Crippen molar-refractivity contribution in [3.63, 3.8) is 0 Å². The molecule has 0 aliphatic heterocycles. The minimum Gasteiger partial charge on any atom is -0.473 e. The van der Waals surface area contributed by atoms with Crippen LogP contribution in [-0.4, -0.2) is 23.3 Å². The molecular weight excluding hydrogens is 374 g/mol. The van der Waals surface area contributed by atoms with Gasteiger partial charge in [-0.25, -0.2) is 9.59 Å². The molecular formula is C22H29NO4S. The molecule has 1 heterocycles. The Kier molecular flexibility index (Phi) is 9.17. The predicted molar refractivity (Wildman–Crippen MR) is 111 cm³/mol. The number of carbonyl (C=O) groups excluding carboxylic acids is 1. The van der Waals surface area contributed by atoms with Gasteiger partial charge in [0.1, 0.15) is 0 Å². The van der Waals surface area contributed by atoms with Gasteiger partial charge in [-0.15, -0.1) is 11.3 Å². The summed E-state index contributed by atoms with van der Waals surface area (Å²) >= 11 is 1.82. The zero-order valence-corrected chi connectivity index (χ0v) is 17.1. The summed E-state index contributed by atoms with van der Waals surface area (Å²) in [6.45, 7) is 1.86. The van der Waals surface area contributed by atoms with E-state index in [-0.39, 0.29) is 5.92 Å². The number of thiophene rings is 1. The van der Waals surface area contributed by atoms with E-state index in [9.17, 15) is 9.59 Å². The van der Waals surface area contributed by atoms with Gasteiger partial charge in [0.25, 0.3) is 0 Å². The second-order valence-electron chi connectivity index (χ2n) is 7.11. The Labute approximate surface area is 170 Å². The fourth-order valence-electron chi connectivity index (χ4n) is 2.97. The highest BCUT2D eigenvalue weighted by atomic mass is 32.1. The van der Waals surface area contributed by atoms with Gasteiger partial charge in [0.2, 0.25) is 0 Å². The van der Waals surface area contributed by atoms with Gasteiger partial charge in [-0.2, -0.15) is 0 Å². The molecule has 28 heavy (non-hydrogen) atoms. The molecule has 0 fully saturated rings. The van der Waals surface area contributed by atoms with Gasteiger partial charge in [-0.05, 0) is 56.2 Å². The van der Waals surface area contributed by atoms with Crippen molar-refractivity contribution in [3.8, 4) is 0 Å². The van der Waals surface area contributed by atoms with E-state index in [2.05, 4.69) is 42.5 Å². The molecule has 3 N–H and O–H groups in total. The molecule has 0 bridgehead atoms. The van der Waals surface area contributed by atoms with Crippen LogP contribution in [0.25, 0.3) is 0 Å². The van der Waals surface area contributed by atoms with E-state index in [0.717, 1.165) is 25.7 Å². The van der Waals surface area contributed by atoms with E-state index < -0.39 is 18.2 Å². The second kappa shape index (κ2) is 11.6. The van der Waals surface area contributed by atoms with Gasteiger partial charge in [0.05, 0.1) is 0 Å². The Morgan fingerprint density at radius 3 is 2.32 bits per heavy atom. The maximum Gasteiger partial charge on any atom is 0.418 e. The van der Waals surface area contributed by atoms with E-state index in [0.29, 0.717) is 0 Å². The Bertz CT molecular complexity index is 744. The standard InChI is InChI=1S/C22H29NO4S/c1-16(20(23)27-22(26)21(24)25)12-13-19-15-14-18(28-19)11-7-3-6-10-17-8-4-2-5-9-17/h2,4-5,8-9,14-16,20H,3,6-7,10-13,23H2,1H3,(H,24,25)/t16-,20?/m1/s1. The van der Waals surface area contributed by atoms with Gasteiger partial charge in [-0.1, -0.05) is 43.7 Å². The van der Waals surface area contributed by atoms with Crippen molar-refractivity contribution < 1.29 is 19.4 Å². The van der Waals surface area contributed by atoms with Crippen molar-refractivity contribution in [1.82, 2.24) is 0 Å². The number of benzene rings is 1. The normalized spacial score (nSPS) is 13.1. The van der Waals surface area contributed by atoms with Crippen molar-refractivity contribution in [1.29, 1.82) is 0 Å². The Balaban J connectivity index is 1.63. The van der Waals surface area contributed by atoms with E-state index in [4.69, 9.17) is 15.6 Å². The molecule has 2 aromatic rings. The number of nitrogens with two attached hydrogens (primary N) is 1. The Morgan fingerprint density at radius 1 is 1.00 bits per heavy atom. The van der Waals surface area contributed by atoms with E-state index in [1.807, 2.05) is 18.3 Å². The highest BCUT2D eigenvalue weighted by molar-refractivity contribution is 7.11.